The molecule has 5 nitrogen and oxygen atoms in total. The fraction of sp³-hybridized carbons (Fsp3) is 0.300. The van der Waals surface area contributed by atoms with Crippen LogP contribution in [0.3, 0.4) is 0 Å². The summed E-state index contributed by atoms with van der Waals surface area (Å²) in [6.45, 7) is 3.64. The molecule has 2 aromatic heterocycles. The normalized spacial score (nSPS) is 10.5. The fourth-order valence-corrected chi connectivity index (χ4v) is 1.32. The molecular formula is C10H12N4O. The number of pyridine rings is 1. The maximum absolute atomic E-state index is 11.2. The molecule has 0 saturated carbocycles. The number of nitrogens with zero attached hydrogens (tertiary/aromatic N) is 3. The van der Waals surface area contributed by atoms with E-state index in [1.54, 1.807) is 10.7 Å². The molecule has 1 N–H and O–H groups in total. The predicted octanol–water partition coefficient (Wildman–Crippen LogP) is 1.39. The van der Waals surface area contributed by atoms with Crippen molar-refractivity contribution >= 4 is 17.2 Å². The Kier molecular flexibility index (Phi) is 2.37. The highest BCUT2D eigenvalue weighted by Crippen LogP contribution is 2.09. The van der Waals surface area contributed by atoms with Gasteiger partial charge in [0, 0.05) is 6.42 Å². The standard InChI is InChI=1S/C10H12N4O/c1-3-10(15)12-8-4-5-9-11-7(2)13-14(9)6-8/h4-6H,3H2,1-2H3,(H,12,15). The quantitative estimate of drug-likeness (QED) is 0.804. The van der Waals surface area contributed by atoms with Crippen LogP contribution in [-0.4, -0.2) is 20.5 Å². The van der Waals surface area contributed by atoms with E-state index < -0.39 is 0 Å². The van der Waals surface area contributed by atoms with Gasteiger partial charge < -0.3 is 5.32 Å². The van der Waals surface area contributed by atoms with E-state index in [4.69, 9.17) is 0 Å². The van der Waals surface area contributed by atoms with Gasteiger partial charge in [0.15, 0.2) is 5.65 Å². The molecule has 5 heteroatoms. The van der Waals surface area contributed by atoms with E-state index in [1.807, 2.05) is 26.0 Å². The van der Waals surface area contributed by atoms with Gasteiger partial charge >= 0.3 is 0 Å². The monoisotopic (exact) mass is 204 g/mol. The lowest BCUT2D eigenvalue weighted by Crippen LogP contribution is -2.09. The van der Waals surface area contributed by atoms with Gasteiger partial charge in [0.1, 0.15) is 5.82 Å². The number of fused-ring (bicyclic) bond motifs is 1. The van der Waals surface area contributed by atoms with E-state index in [2.05, 4.69) is 15.4 Å². The number of carbonyl (C=O) groups is 1. The van der Waals surface area contributed by atoms with Crippen molar-refractivity contribution in [2.75, 3.05) is 5.32 Å². The molecule has 1 amide bonds. The summed E-state index contributed by atoms with van der Waals surface area (Å²) in [4.78, 5) is 15.4. The summed E-state index contributed by atoms with van der Waals surface area (Å²) >= 11 is 0. The molecule has 0 spiro atoms. The van der Waals surface area contributed by atoms with Crippen LogP contribution in [0.4, 0.5) is 5.69 Å². The molecule has 0 aliphatic heterocycles. The molecule has 0 aromatic carbocycles. The Morgan fingerprint density at radius 2 is 2.33 bits per heavy atom. The van der Waals surface area contributed by atoms with Crippen LogP contribution in [-0.2, 0) is 4.79 Å². The zero-order valence-electron chi connectivity index (χ0n) is 8.69. The zero-order chi connectivity index (χ0) is 10.8. The van der Waals surface area contributed by atoms with E-state index in [0.29, 0.717) is 12.2 Å². The first-order valence-electron chi connectivity index (χ1n) is 4.82. The first kappa shape index (κ1) is 9.64. The molecule has 15 heavy (non-hydrogen) atoms. The van der Waals surface area contributed by atoms with Gasteiger partial charge in [-0.2, -0.15) is 5.10 Å². The highest BCUT2D eigenvalue weighted by atomic mass is 16.1. The number of amides is 1. The van der Waals surface area contributed by atoms with Crippen molar-refractivity contribution in [3.8, 4) is 0 Å². The highest BCUT2D eigenvalue weighted by Gasteiger charge is 2.02. The van der Waals surface area contributed by atoms with E-state index in [9.17, 15) is 4.79 Å². The lowest BCUT2D eigenvalue weighted by molar-refractivity contribution is -0.115. The minimum Gasteiger partial charge on any atom is -0.325 e. The van der Waals surface area contributed by atoms with Gasteiger partial charge in [-0.3, -0.25) is 4.79 Å². The Hall–Kier alpha value is -1.91. The van der Waals surface area contributed by atoms with Crippen LogP contribution in [0.15, 0.2) is 18.3 Å². The number of hydrogen-bond donors (Lipinski definition) is 1. The number of nitrogens with one attached hydrogen (secondary N) is 1. The zero-order valence-corrected chi connectivity index (χ0v) is 8.69. The number of carbonyl (C=O) groups excluding carboxylic acids is 1. The Labute approximate surface area is 87.1 Å². The number of aryl methyl sites for hydroxylation is 1. The van der Waals surface area contributed by atoms with Crippen LogP contribution < -0.4 is 5.32 Å². The van der Waals surface area contributed by atoms with Crippen LogP contribution in [0, 0.1) is 6.92 Å². The van der Waals surface area contributed by atoms with Gasteiger partial charge in [0.2, 0.25) is 5.91 Å². The second kappa shape index (κ2) is 3.68. The van der Waals surface area contributed by atoms with E-state index in [1.165, 1.54) is 0 Å². The molecule has 0 aliphatic rings. The largest absolute Gasteiger partial charge is 0.325 e. The van der Waals surface area contributed by atoms with Gasteiger partial charge in [-0.25, -0.2) is 9.50 Å². The first-order chi connectivity index (χ1) is 7.19. The van der Waals surface area contributed by atoms with Crippen molar-refractivity contribution in [3.63, 3.8) is 0 Å². The number of aromatic nitrogens is 3. The third kappa shape index (κ3) is 1.96. The Bertz CT molecular complexity index is 503. The summed E-state index contributed by atoms with van der Waals surface area (Å²) in [5, 5.41) is 6.93. The lowest BCUT2D eigenvalue weighted by Gasteiger charge is -2.02. The summed E-state index contributed by atoms with van der Waals surface area (Å²) < 4.78 is 1.65. The number of hydrogen-bond acceptors (Lipinski definition) is 3. The van der Waals surface area contributed by atoms with Crippen molar-refractivity contribution in [2.45, 2.75) is 20.3 Å². The van der Waals surface area contributed by atoms with Crippen LogP contribution in [0.1, 0.15) is 19.2 Å². The molecule has 2 heterocycles. The van der Waals surface area contributed by atoms with Crippen LogP contribution in [0.25, 0.3) is 5.65 Å². The average Bonchev–Trinajstić information content (AvgIpc) is 2.57. The van der Waals surface area contributed by atoms with Crippen molar-refractivity contribution < 1.29 is 4.79 Å². The summed E-state index contributed by atoms with van der Waals surface area (Å²) in [5.41, 5.74) is 1.52. The second-order valence-electron chi connectivity index (χ2n) is 3.28. The molecule has 0 radical (unpaired) electrons. The van der Waals surface area contributed by atoms with E-state index in [0.717, 1.165) is 11.3 Å². The molecule has 78 valence electrons. The molecule has 0 fully saturated rings. The topological polar surface area (TPSA) is 59.3 Å². The van der Waals surface area contributed by atoms with Gasteiger partial charge in [-0.05, 0) is 19.1 Å². The Morgan fingerprint density at radius 3 is 3.07 bits per heavy atom. The smallest absolute Gasteiger partial charge is 0.224 e. The summed E-state index contributed by atoms with van der Waals surface area (Å²) in [7, 11) is 0. The molecule has 0 saturated heterocycles. The lowest BCUT2D eigenvalue weighted by atomic mass is 10.4. The number of anilines is 1. The van der Waals surface area contributed by atoms with Crippen LogP contribution in [0.5, 0.6) is 0 Å². The second-order valence-corrected chi connectivity index (χ2v) is 3.28. The van der Waals surface area contributed by atoms with Crippen molar-refractivity contribution in [2.24, 2.45) is 0 Å². The van der Waals surface area contributed by atoms with Gasteiger partial charge in [0.05, 0.1) is 11.9 Å². The first-order valence-corrected chi connectivity index (χ1v) is 4.82. The highest BCUT2D eigenvalue weighted by molar-refractivity contribution is 5.90. The van der Waals surface area contributed by atoms with E-state index >= 15 is 0 Å². The molecule has 0 bridgehead atoms. The number of rotatable bonds is 2. The molecule has 0 atom stereocenters. The molecule has 2 aromatic rings. The van der Waals surface area contributed by atoms with Gasteiger partial charge in [0.25, 0.3) is 0 Å². The third-order valence-corrected chi connectivity index (χ3v) is 2.04. The molecule has 0 unspecified atom stereocenters. The van der Waals surface area contributed by atoms with Crippen molar-refractivity contribution in [1.29, 1.82) is 0 Å². The summed E-state index contributed by atoms with van der Waals surface area (Å²) in [6.07, 6.45) is 2.22. The van der Waals surface area contributed by atoms with Crippen LogP contribution >= 0.6 is 0 Å². The summed E-state index contributed by atoms with van der Waals surface area (Å²) in [6, 6.07) is 3.64. The maximum Gasteiger partial charge on any atom is 0.224 e. The average molecular weight is 204 g/mol. The van der Waals surface area contributed by atoms with Gasteiger partial charge in [-0.15, -0.1) is 0 Å². The molecular weight excluding hydrogens is 192 g/mol. The SMILES string of the molecule is CCC(=O)Nc1ccc2nc(C)nn2c1. The maximum atomic E-state index is 11.2. The Balaban J connectivity index is 2.33. The molecule has 2 rings (SSSR count). The molecule has 0 aliphatic carbocycles. The summed E-state index contributed by atoms with van der Waals surface area (Å²) in [5.74, 6) is 0.708. The van der Waals surface area contributed by atoms with Gasteiger partial charge in [-0.1, -0.05) is 6.92 Å². The van der Waals surface area contributed by atoms with Crippen molar-refractivity contribution in [1.82, 2.24) is 14.6 Å². The minimum absolute atomic E-state index is 0.00816. The predicted molar refractivity (Wildman–Crippen MR) is 56.6 cm³/mol. The van der Waals surface area contributed by atoms with Crippen LogP contribution in [0.2, 0.25) is 0 Å². The third-order valence-electron chi connectivity index (χ3n) is 2.04. The fourth-order valence-electron chi connectivity index (χ4n) is 1.32. The van der Waals surface area contributed by atoms with Crippen molar-refractivity contribution in [3.05, 3.63) is 24.2 Å². The van der Waals surface area contributed by atoms with E-state index in [-0.39, 0.29) is 5.91 Å². The minimum atomic E-state index is -0.00816. The Morgan fingerprint density at radius 1 is 1.53 bits per heavy atom.